The van der Waals surface area contributed by atoms with Gasteiger partial charge in [0.25, 0.3) is 0 Å². The Hall–Kier alpha value is 0.571. The van der Waals surface area contributed by atoms with Crippen molar-refractivity contribution in [3.63, 3.8) is 0 Å². The van der Waals surface area contributed by atoms with Gasteiger partial charge in [0.2, 0.25) is 0 Å². The molecule has 0 aliphatic heterocycles. The number of hydrogen-bond acceptors (Lipinski definition) is 2. The van der Waals surface area contributed by atoms with Crippen LogP contribution in [0.15, 0.2) is 0 Å². The highest BCUT2D eigenvalue weighted by Crippen LogP contribution is 2.24. The largest absolute Gasteiger partial charge is 0.436 e. The van der Waals surface area contributed by atoms with Crippen molar-refractivity contribution in [3.8, 4) is 0 Å². The molecule has 0 saturated heterocycles. The minimum absolute atomic E-state index is 0.923. The molecule has 0 heterocycles. The molecule has 0 spiro atoms. The van der Waals surface area contributed by atoms with Crippen LogP contribution >= 0.6 is 0 Å². The van der Waals surface area contributed by atoms with Gasteiger partial charge < -0.3 is 8.54 Å². The van der Waals surface area contributed by atoms with Crippen molar-refractivity contribution in [2.75, 3.05) is 7.11 Å². The molecular formula is C10H28O2Si3. The second-order valence-electron chi connectivity index (χ2n) is 6.53. The molecule has 0 saturated carbocycles. The normalized spacial score (nSPS) is 14.4. The molecule has 0 aromatic carbocycles. The summed E-state index contributed by atoms with van der Waals surface area (Å²) < 4.78 is 11.7. The Morgan fingerprint density at radius 3 is 1.60 bits per heavy atom. The standard InChI is InChI=1S/C10H28O2Si3/c1-11-15(7,8)12-14(5,6)10-9-13(2,3)4/h9-10H2,1-8H3. The third-order valence-electron chi connectivity index (χ3n) is 2.49. The van der Waals surface area contributed by atoms with Crippen LogP contribution in [0.1, 0.15) is 0 Å². The van der Waals surface area contributed by atoms with Crippen molar-refractivity contribution in [1.82, 2.24) is 0 Å². The Balaban J connectivity index is 4.19. The molecule has 5 heteroatoms. The topological polar surface area (TPSA) is 18.5 Å². The van der Waals surface area contributed by atoms with E-state index in [2.05, 4.69) is 45.8 Å². The molecule has 0 aliphatic carbocycles. The lowest BCUT2D eigenvalue weighted by Crippen LogP contribution is -2.46. The molecule has 0 fully saturated rings. The van der Waals surface area contributed by atoms with Crippen LogP contribution in [0.2, 0.25) is 57.9 Å². The Morgan fingerprint density at radius 1 is 0.800 bits per heavy atom. The summed E-state index contributed by atoms with van der Waals surface area (Å²) in [5.41, 5.74) is 0. The lowest BCUT2D eigenvalue weighted by atomic mass is 10.9. The molecule has 0 unspecified atom stereocenters. The van der Waals surface area contributed by atoms with E-state index in [9.17, 15) is 0 Å². The van der Waals surface area contributed by atoms with Gasteiger partial charge in [-0.25, -0.2) is 0 Å². The lowest BCUT2D eigenvalue weighted by molar-refractivity contribution is 0.310. The average Bonchev–Trinajstić information content (AvgIpc) is 1.98. The van der Waals surface area contributed by atoms with Gasteiger partial charge in [-0.3, -0.25) is 0 Å². The summed E-state index contributed by atoms with van der Waals surface area (Å²) in [6.45, 7) is 16.2. The Morgan fingerprint density at radius 2 is 1.27 bits per heavy atom. The Kier molecular flexibility index (Phi) is 5.47. The predicted molar refractivity (Wildman–Crippen MR) is 76.0 cm³/mol. The van der Waals surface area contributed by atoms with E-state index in [0.29, 0.717) is 0 Å². The Labute approximate surface area is 98.8 Å². The van der Waals surface area contributed by atoms with Crippen LogP contribution in [0.3, 0.4) is 0 Å². The van der Waals surface area contributed by atoms with Crippen LogP contribution in [0.5, 0.6) is 0 Å². The van der Waals surface area contributed by atoms with Crippen LogP contribution in [0.4, 0.5) is 0 Å². The maximum atomic E-state index is 6.25. The highest BCUT2D eigenvalue weighted by molar-refractivity contribution is 6.84. The van der Waals surface area contributed by atoms with Gasteiger partial charge in [0.15, 0.2) is 8.32 Å². The van der Waals surface area contributed by atoms with Crippen LogP contribution in [-0.2, 0) is 8.54 Å². The Bertz CT molecular complexity index is 197. The maximum absolute atomic E-state index is 6.25. The smallest absolute Gasteiger partial charge is 0.321 e. The van der Waals surface area contributed by atoms with E-state index >= 15 is 0 Å². The van der Waals surface area contributed by atoms with Crippen molar-refractivity contribution in [3.05, 3.63) is 0 Å². The molecule has 0 aliphatic rings. The van der Waals surface area contributed by atoms with E-state index in [-0.39, 0.29) is 0 Å². The summed E-state index contributed by atoms with van der Waals surface area (Å²) in [5, 5.41) is 0. The van der Waals surface area contributed by atoms with E-state index < -0.39 is 25.0 Å². The molecule has 92 valence electrons. The van der Waals surface area contributed by atoms with Crippen molar-refractivity contribution < 1.29 is 8.54 Å². The van der Waals surface area contributed by atoms with Crippen LogP contribution in [-0.4, -0.2) is 32.1 Å². The van der Waals surface area contributed by atoms with E-state index in [4.69, 9.17) is 8.54 Å². The molecule has 0 rings (SSSR count). The quantitative estimate of drug-likeness (QED) is 0.678. The van der Waals surface area contributed by atoms with Crippen LogP contribution < -0.4 is 0 Å². The van der Waals surface area contributed by atoms with Gasteiger partial charge in [0.05, 0.1) is 0 Å². The molecule has 0 aromatic heterocycles. The minimum Gasteiger partial charge on any atom is -0.436 e. The third kappa shape index (κ3) is 8.39. The summed E-state index contributed by atoms with van der Waals surface area (Å²) in [6, 6.07) is 2.66. The molecule has 0 aromatic rings. The van der Waals surface area contributed by atoms with E-state index in [1.54, 1.807) is 7.11 Å². The first-order chi connectivity index (χ1) is 6.47. The second-order valence-corrected chi connectivity index (χ2v) is 20.2. The van der Waals surface area contributed by atoms with E-state index in [0.717, 1.165) is 0 Å². The average molecular weight is 265 g/mol. The summed E-state index contributed by atoms with van der Waals surface area (Å²) in [5.74, 6) is 0. The molecule has 0 atom stereocenters. The number of hydrogen-bond donors (Lipinski definition) is 0. The summed E-state index contributed by atoms with van der Waals surface area (Å²) in [7, 11) is -2.48. The summed E-state index contributed by atoms with van der Waals surface area (Å²) >= 11 is 0. The molecule has 2 nitrogen and oxygen atoms in total. The lowest BCUT2D eigenvalue weighted by Gasteiger charge is -2.33. The number of rotatable bonds is 6. The molecule has 0 N–H and O–H groups in total. The zero-order valence-corrected chi connectivity index (χ0v) is 14.7. The highest BCUT2D eigenvalue weighted by Gasteiger charge is 2.34. The van der Waals surface area contributed by atoms with Crippen LogP contribution in [0.25, 0.3) is 0 Å². The van der Waals surface area contributed by atoms with Crippen molar-refractivity contribution in [1.29, 1.82) is 0 Å². The third-order valence-corrected chi connectivity index (χ3v) is 11.4. The molecule has 15 heavy (non-hydrogen) atoms. The van der Waals surface area contributed by atoms with Gasteiger partial charge in [0.1, 0.15) is 0 Å². The minimum atomic E-state index is -1.83. The van der Waals surface area contributed by atoms with Gasteiger partial charge in [-0.1, -0.05) is 25.7 Å². The fourth-order valence-electron chi connectivity index (χ4n) is 1.43. The zero-order chi connectivity index (χ0) is 12.3. The molecule has 0 radical (unpaired) electrons. The maximum Gasteiger partial charge on any atom is 0.321 e. The van der Waals surface area contributed by atoms with Gasteiger partial charge in [-0.15, -0.1) is 0 Å². The first-order valence-electron chi connectivity index (χ1n) is 5.73. The fourth-order valence-corrected chi connectivity index (χ4v) is 12.9. The summed E-state index contributed by atoms with van der Waals surface area (Å²) in [6.07, 6.45) is 0. The van der Waals surface area contributed by atoms with Crippen molar-refractivity contribution in [2.45, 2.75) is 57.9 Å². The zero-order valence-electron chi connectivity index (χ0n) is 11.7. The highest BCUT2D eigenvalue weighted by atomic mass is 28.4. The van der Waals surface area contributed by atoms with Crippen LogP contribution in [0, 0.1) is 0 Å². The van der Waals surface area contributed by atoms with Crippen molar-refractivity contribution >= 4 is 25.0 Å². The van der Waals surface area contributed by atoms with Gasteiger partial charge in [-0.05, 0) is 32.2 Å². The summed E-state index contributed by atoms with van der Waals surface area (Å²) in [4.78, 5) is 0. The SMILES string of the molecule is CO[Si](C)(C)O[Si](C)(C)CC[Si](C)(C)C. The van der Waals surface area contributed by atoms with E-state index in [1.165, 1.54) is 12.1 Å². The van der Waals surface area contributed by atoms with Gasteiger partial charge >= 0.3 is 8.56 Å². The van der Waals surface area contributed by atoms with Gasteiger partial charge in [0, 0.05) is 15.2 Å². The van der Waals surface area contributed by atoms with E-state index in [1.807, 2.05) is 0 Å². The predicted octanol–water partition coefficient (Wildman–Crippen LogP) is 3.89. The molecule has 0 bridgehead atoms. The molecule has 0 amide bonds. The fraction of sp³-hybridized carbons (Fsp3) is 1.00. The molecular weight excluding hydrogens is 236 g/mol. The first-order valence-corrected chi connectivity index (χ1v) is 15.4. The first kappa shape index (κ1) is 15.6. The van der Waals surface area contributed by atoms with Crippen molar-refractivity contribution in [2.24, 2.45) is 0 Å². The van der Waals surface area contributed by atoms with Gasteiger partial charge in [-0.2, -0.15) is 0 Å². The second kappa shape index (κ2) is 5.27. The monoisotopic (exact) mass is 264 g/mol.